The average Bonchev–Trinajstić information content (AvgIpc) is 2.81. The average molecular weight is 414 g/mol. The van der Waals surface area contributed by atoms with E-state index < -0.39 is 0 Å². The highest BCUT2D eigenvalue weighted by atomic mass is 16.5. The largest absolute Gasteiger partial charge is 0.496 e. The number of rotatable bonds is 3. The number of ketones is 1. The van der Waals surface area contributed by atoms with Gasteiger partial charge in [-0.15, -0.1) is 0 Å². The first-order valence-corrected chi connectivity index (χ1v) is 10.4. The molecule has 3 aromatic carbocycles. The Morgan fingerprint density at radius 1 is 0.806 bits per heavy atom. The van der Waals surface area contributed by atoms with Gasteiger partial charge in [-0.2, -0.15) is 0 Å². The summed E-state index contributed by atoms with van der Waals surface area (Å²) in [5.74, 6) is 2.91. The molecule has 0 radical (unpaired) electrons. The molecule has 31 heavy (non-hydrogen) atoms. The van der Waals surface area contributed by atoms with Gasteiger partial charge in [-0.25, -0.2) is 0 Å². The zero-order valence-corrected chi connectivity index (χ0v) is 17.6. The van der Waals surface area contributed by atoms with Crippen LogP contribution in [-0.4, -0.2) is 27.1 Å². The Hall–Kier alpha value is -3.47. The summed E-state index contributed by atoms with van der Waals surface area (Å²) in [4.78, 5) is 13.5. The number of methoxy groups -OCH3 is 3. The molecule has 3 aromatic rings. The Balaban J connectivity index is 1.77. The predicted molar refractivity (Wildman–Crippen MR) is 116 cm³/mol. The standard InChI is InChI=1S/C26H22O5/c1-28-18-10-6-8-14-21(18)24-20(30-3)12-19(29-2)23-16(27)11-15-13-7-4-5-9-17(13)31-26(14)22(15)25(23)24/h4-10,12,15,22,26H,11H2,1-3H3/t15-,22+,26+/m1/s1. The van der Waals surface area contributed by atoms with Gasteiger partial charge < -0.3 is 18.9 Å². The lowest BCUT2D eigenvalue weighted by molar-refractivity contribution is 0.0867. The molecule has 0 spiro atoms. The molecular weight excluding hydrogens is 392 g/mol. The van der Waals surface area contributed by atoms with E-state index in [1.165, 1.54) is 0 Å². The van der Waals surface area contributed by atoms with Crippen LogP contribution in [0.1, 0.15) is 51.4 Å². The zero-order chi connectivity index (χ0) is 21.3. The van der Waals surface area contributed by atoms with Gasteiger partial charge in [-0.1, -0.05) is 30.3 Å². The number of fused-ring (bicyclic) bond motifs is 5. The van der Waals surface area contributed by atoms with Crippen molar-refractivity contribution in [3.63, 3.8) is 0 Å². The smallest absolute Gasteiger partial charge is 0.167 e. The summed E-state index contributed by atoms with van der Waals surface area (Å²) in [6.45, 7) is 0. The van der Waals surface area contributed by atoms with E-state index in [4.69, 9.17) is 18.9 Å². The van der Waals surface area contributed by atoms with Crippen molar-refractivity contribution < 1.29 is 23.7 Å². The van der Waals surface area contributed by atoms with Crippen molar-refractivity contribution in [1.29, 1.82) is 0 Å². The monoisotopic (exact) mass is 414 g/mol. The molecule has 3 atom stereocenters. The van der Waals surface area contributed by atoms with E-state index in [2.05, 4.69) is 12.1 Å². The first-order chi connectivity index (χ1) is 15.2. The highest BCUT2D eigenvalue weighted by molar-refractivity contribution is 6.06. The number of ether oxygens (including phenoxy) is 4. The fourth-order valence-electron chi connectivity index (χ4n) is 5.73. The van der Waals surface area contributed by atoms with Crippen LogP contribution in [-0.2, 0) is 0 Å². The molecule has 156 valence electrons. The van der Waals surface area contributed by atoms with Crippen molar-refractivity contribution in [3.8, 4) is 34.1 Å². The maximum atomic E-state index is 13.5. The van der Waals surface area contributed by atoms with E-state index in [0.717, 1.165) is 39.3 Å². The lowest BCUT2D eigenvalue weighted by atomic mass is 9.61. The van der Waals surface area contributed by atoms with E-state index in [1.807, 2.05) is 36.4 Å². The second-order valence-corrected chi connectivity index (χ2v) is 8.21. The number of Topliss-reactive ketones (excluding diaryl/α,β-unsaturated/α-hetero) is 1. The van der Waals surface area contributed by atoms with Gasteiger partial charge in [0.05, 0.1) is 26.9 Å². The van der Waals surface area contributed by atoms with Gasteiger partial charge in [0.2, 0.25) is 0 Å². The number of carbonyl (C=O) groups is 1. The van der Waals surface area contributed by atoms with E-state index in [0.29, 0.717) is 23.5 Å². The normalized spacial score (nSPS) is 21.9. The van der Waals surface area contributed by atoms with Gasteiger partial charge in [0.1, 0.15) is 29.1 Å². The molecule has 0 bridgehead atoms. The van der Waals surface area contributed by atoms with Gasteiger partial charge in [-0.3, -0.25) is 4.79 Å². The number of benzene rings is 3. The fraction of sp³-hybridized carbons (Fsp3) is 0.269. The van der Waals surface area contributed by atoms with Gasteiger partial charge in [-0.05, 0) is 23.3 Å². The van der Waals surface area contributed by atoms with Crippen LogP contribution >= 0.6 is 0 Å². The lowest BCUT2D eigenvalue weighted by Gasteiger charge is -2.47. The maximum Gasteiger partial charge on any atom is 0.167 e. The molecule has 0 saturated heterocycles. The molecule has 0 N–H and O–H groups in total. The summed E-state index contributed by atoms with van der Waals surface area (Å²) in [6.07, 6.45) is 0.205. The van der Waals surface area contributed by atoms with E-state index >= 15 is 0 Å². The molecule has 0 fully saturated rings. The third-order valence-electron chi connectivity index (χ3n) is 6.92. The summed E-state index contributed by atoms with van der Waals surface area (Å²) in [5, 5.41) is 0. The molecule has 1 heterocycles. The predicted octanol–water partition coefficient (Wildman–Crippen LogP) is 5.28. The molecule has 5 nitrogen and oxygen atoms in total. The molecule has 0 unspecified atom stereocenters. The van der Waals surface area contributed by atoms with Crippen LogP contribution in [0.2, 0.25) is 0 Å². The van der Waals surface area contributed by atoms with Crippen molar-refractivity contribution in [2.24, 2.45) is 0 Å². The Labute approximate surface area is 180 Å². The Morgan fingerprint density at radius 3 is 2.29 bits per heavy atom. The minimum Gasteiger partial charge on any atom is -0.496 e. The molecule has 3 aliphatic rings. The lowest BCUT2D eigenvalue weighted by Crippen LogP contribution is -2.37. The molecule has 0 amide bonds. The molecule has 0 aromatic heterocycles. The molecule has 1 aliphatic heterocycles. The Kier molecular flexibility index (Phi) is 3.85. The van der Waals surface area contributed by atoms with Crippen molar-refractivity contribution >= 4 is 5.78 Å². The first-order valence-electron chi connectivity index (χ1n) is 10.4. The van der Waals surface area contributed by atoms with E-state index in [1.54, 1.807) is 21.3 Å². The molecule has 0 saturated carbocycles. The number of carbonyl (C=O) groups excluding carboxylic acids is 1. The van der Waals surface area contributed by atoms with Crippen LogP contribution < -0.4 is 18.9 Å². The topological polar surface area (TPSA) is 54.0 Å². The van der Waals surface area contributed by atoms with Crippen LogP contribution in [0, 0.1) is 0 Å². The first kappa shape index (κ1) is 18.3. The summed E-state index contributed by atoms with van der Waals surface area (Å²) >= 11 is 0. The highest BCUT2D eigenvalue weighted by Gasteiger charge is 2.51. The molecular formula is C26H22O5. The van der Waals surface area contributed by atoms with Gasteiger partial charge in [0.25, 0.3) is 0 Å². The number of para-hydroxylation sites is 1. The van der Waals surface area contributed by atoms with Crippen molar-refractivity contribution in [2.75, 3.05) is 21.3 Å². The van der Waals surface area contributed by atoms with Gasteiger partial charge in [0.15, 0.2) is 5.78 Å². The van der Waals surface area contributed by atoms with Crippen molar-refractivity contribution in [2.45, 2.75) is 24.4 Å². The third kappa shape index (κ3) is 2.29. The number of hydrogen-bond acceptors (Lipinski definition) is 5. The second-order valence-electron chi connectivity index (χ2n) is 8.21. The molecule has 6 rings (SSSR count). The van der Waals surface area contributed by atoms with Gasteiger partial charge in [0, 0.05) is 41.0 Å². The third-order valence-corrected chi connectivity index (χ3v) is 6.92. The van der Waals surface area contributed by atoms with Crippen LogP contribution in [0.5, 0.6) is 23.0 Å². The van der Waals surface area contributed by atoms with E-state index in [9.17, 15) is 4.79 Å². The highest BCUT2D eigenvalue weighted by Crippen LogP contribution is 2.64. The van der Waals surface area contributed by atoms with Crippen LogP contribution in [0.15, 0.2) is 48.5 Å². The summed E-state index contributed by atoms with van der Waals surface area (Å²) in [7, 11) is 4.90. The van der Waals surface area contributed by atoms with Crippen LogP contribution in [0.3, 0.4) is 0 Å². The van der Waals surface area contributed by atoms with E-state index in [-0.39, 0.29) is 23.7 Å². The van der Waals surface area contributed by atoms with Crippen LogP contribution in [0.4, 0.5) is 0 Å². The summed E-state index contributed by atoms with van der Waals surface area (Å²) < 4.78 is 23.9. The Bertz CT molecular complexity index is 1240. The molecule has 2 aliphatic carbocycles. The molecule has 5 heteroatoms. The maximum absolute atomic E-state index is 13.5. The minimum atomic E-state index is -0.221. The Morgan fingerprint density at radius 2 is 1.52 bits per heavy atom. The second kappa shape index (κ2) is 6.51. The van der Waals surface area contributed by atoms with Crippen molar-refractivity contribution in [3.05, 3.63) is 70.8 Å². The minimum absolute atomic E-state index is 0.0128. The number of hydrogen-bond donors (Lipinski definition) is 0. The van der Waals surface area contributed by atoms with Crippen molar-refractivity contribution in [1.82, 2.24) is 0 Å². The van der Waals surface area contributed by atoms with Crippen LogP contribution in [0.25, 0.3) is 11.1 Å². The summed E-state index contributed by atoms with van der Waals surface area (Å²) in [5.41, 5.74) is 5.57. The fourth-order valence-corrected chi connectivity index (χ4v) is 5.73. The SMILES string of the molecule is COc1cc(OC)c2c3c1C(=O)C[C@@H]1c4ccccc4O[C@@H](c4cccc(OC)c4-2)[C@H]31. The summed E-state index contributed by atoms with van der Waals surface area (Å²) in [6, 6.07) is 15.9. The quantitative estimate of drug-likeness (QED) is 0.584. The van der Waals surface area contributed by atoms with Gasteiger partial charge >= 0.3 is 0 Å². The zero-order valence-electron chi connectivity index (χ0n) is 17.6.